The second-order valence-corrected chi connectivity index (χ2v) is 6.06. The Morgan fingerprint density at radius 2 is 1.69 bits per heavy atom. The maximum atomic E-state index is 2.95. The number of hydrogen-bond donors (Lipinski definition) is 0. The van der Waals surface area contributed by atoms with Gasteiger partial charge in [-0.15, -0.1) is 26.2 Å². The minimum Gasteiger partial charge on any atom is -0.131 e. The van der Waals surface area contributed by atoms with Crippen LogP contribution in [0.5, 0.6) is 0 Å². The Morgan fingerprint density at radius 3 is 2.08 bits per heavy atom. The molecular formula is C11H26BrP. The van der Waals surface area contributed by atoms with Crippen molar-refractivity contribution < 1.29 is 0 Å². The van der Waals surface area contributed by atoms with Gasteiger partial charge in [-0.3, -0.25) is 0 Å². The highest BCUT2D eigenvalue weighted by atomic mass is 79.9. The lowest BCUT2D eigenvalue weighted by Crippen LogP contribution is -2.20. The van der Waals surface area contributed by atoms with Crippen LogP contribution in [-0.4, -0.2) is 5.16 Å². The first kappa shape index (κ1) is 16.3. The highest BCUT2D eigenvalue weighted by molar-refractivity contribution is 8.93. The molecule has 0 amide bonds. The predicted octanol–water partition coefficient (Wildman–Crippen LogP) is 4.82. The van der Waals surface area contributed by atoms with E-state index >= 15 is 0 Å². The van der Waals surface area contributed by atoms with Crippen molar-refractivity contribution in [2.75, 3.05) is 0 Å². The van der Waals surface area contributed by atoms with Crippen LogP contribution in [0.2, 0.25) is 0 Å². The van der Waals surface area contributed by atoms with Crippen molar-refractivity contribution in [3.05, 3.63) is 0 Å². The van der Waals surface area contributed by atoms with Crippen LogP contribution in [-0.2, 0) is 0 Å². The summed E-state index contributed by atoms with van der Waals surface area (Å²) in [6, 6.07) is 0. The monoisotopic (exact) mass is 268 g/mol. The summed E-state index contributed by atoms with van der Waals surface area (Å²) in [4.78, 5) is 0. The summed E-state index contributed by atoms with van der Waals surface area (Å²) < 4.78 is 0. The first-order valence-corrected chi connectivity index (χ1v) is 5.85. The topological polar surface area (TPSA) is 0 Å². The quantitative estimate of drug-likeness (QED) is 0.479. The number of halogens is 1. The van der Waals surface area contributed by atoms with Crippen molar-refractivity contribution in [1.82, 2.24) is 0 Å². The van der Waals surface area contributed by atoms with E-state index in [9.17, 15) is 0 Å². The lowest BCUT2D eigenvalue weighted by Gasteiger charge is -2.26. The summed E-state index contributed by atoms with van der Waals surface area (Å²) in [5.41, 5.74) is 0. The summed E-state index contributed by atoms with van der Waals surface area (Å²) in [5, 5.41) is 0.423. The molecule has 0 aromatic rings. The van der Waals surface area contributed by atoms with Gasteiger partial charge in [0.1, 0.15) is 0 Å². The normalized spacial score (nSPS) is 13.6. The van der Waals surface area contributed by atoms with E-state index in [1.807, 2.05) is 0 Å². The second-order valence-electron chi connectivity index (χ2n) is 4.57. The smallest absolute Gasteiger partial charge is 0.0181 e. The molecule has 0 aromatic heterocycles. The van der Waals surface area contributed by atoms with E-state index in [1.165, 1.54) is 32.1 Å². The van der Waals surface area contributed by atoms with E-state index in [-0.39, 0.29) is 17.0 Å². The van der Waals surface area contributed by atoms with Crippen molar-refractivity contribution in [2.45, 2.75) is 65.0 Å². The van der Waals surface area contributed by atoms with Crippen molar-refractivity contribution in [3.8, 4) is 0 Å². The highest BCUT2D eigenvalue weighted by Gasteiger charge is 2.18. The largest absolute Gasteiger partial charge is 0.131 e. The van der Waals surface area contributed by atoms with Crippen LogP contribution in [0.15, 0.2) is 0 Å². The Balaban J connectivity index is 0. The maximum absolute atomic E-state index is 2.95. The fraction of sp³-hybridized carbons (Fsp3) is 1.00. The maximum Gasteiger partial charge on any atom is -0.0181 e. The van der Waals surface area contributed by atoms with Gasteiger partial charge in [-0.2, -0.15) is 0 Å². The first-order chi connectivity index (χ1) is 5.48. The van der Waals surface area contributed by atoms with Crippen LogP contribution in [0.4, 0.5) is 0 Å². The second kappa shape index (κ2) is 8.24. The molecule has 0 aliphatic heterocycles. The summed E-state index contributed by atoms with van der Waals surface area (Å²) in [5.74, 6) is 0.833. The van der Waals surface area contributed by atoms with Gasteiger partial charge in [0.25, 0.3) is 0 Å². The molecule has 0 aliphatic rings. The molecule has 0 radical (unpaired) electrons. The average Bonchev–Trinajstić information content (AvgIpc) is 1.96. The van der Waals surface area contributed by atoms with Crippen molar-refractivity contribution in [1.29, 1.82) is 0 Å². The van der Waals surface area contributed by atoms with E-state index in [1.54, 1.807) is 0 Å². The molecule has 0 aliphatic carbocycles. The van der Waals surface area contributed by atoms with Gasteiger partial charge in [0, 0.05) is 0 Å². The van der Waals surface area contributed by atoms with Crippen LogP contribution in [0.3, 0.4) is 0 Å². The average molecular weight is 269 g/mol. The van der Waals surface area contributed by atoms with Gasteiger partial charge in [-0.25, -0.2) is 0 Å². The standard InChI is InChI=1S/C11H25P.BrH/c1-5-6-7-8-9-10(2)11(3,4)12;/h10H,5-9,12H2,1-4H3;1H. The highest BCUT2D eigenvalue weighted by Crippen LogP contribution is 2.30. The van der Waals surface area contributed by atoms with E-state index < -0.39 is 0 Å². The van der Waals surface area contributed by atoms with Crippen LogP contribution >= 0.6 is 26.2 Å². The first-order valence-electron chi connectivity index (χ1n) is 5.27. The lowest BCUT2D eigenvalue weighted by molar-refractivity contribution is 0.408. The van der Waals surface area contributed by atoms with Crippen molar-refractivity contribution >= 4 is 26.2 Å². The summed E-state index contributed by atoms with van der Waals surface area (Å²) in [6.07, 6.45) is 6.97. The third-order valence-corrected chi connectivity index (χ3v) is 3.33. The molecule has 0 bridgehead atoms. The fourth-order valence-corrected chi connectivity index (χ4v) is 1.42. The van der Waals surface area contributed by atoms with Crippen LogP contribution < -0.4 is 0 Å². The third kappa shape index (κ3) is 9.22. The van der Waals surface area contributed by atoms with Gasteiger partial charge < -0.3 is 0 Å². The molecule has 2 atom stereocenters. The number of unbranched alkanes of at least 4 members (excludes halogenated alkanes) is 3. The van der Waals surface area contributed by atoms with E-state index in [4.69, 9.17) is 0 Å². The minimum absolute atomic E-state index is 0. The van der Waals surface area contributed by atoms with Gasteiger partial charge in [0.05, 0.1) is 0 Å². The van der Waals surface area contributed by atoms with E-state index in [0.717, 1.165) is 5.92 Å². The van der Waals surface area contributed by atoms with Gasteiger partial charge in [0.2, 0.25) is 0 Å². The van der Waals surface area contributed by atoms with Gasteiger partial charge in [-0.1, -0.05) is 53.4 Å². The molecule has 82 valence electrons. The predicted molar refractivity (Wildman–Crippen MR) is 72.0 cm³/mol. The molecule has 2 unspecified atom stereocenters. The zero-order chi connectivity index (χ0) is 9.61. The van der Waals surface area contributed by atoms with Gasteiger partial charge in [-0.05, 0) is 17.5 Å². The van der Waals surface area contributed by atoms with Crippen molar-refractivity contribution in [2.24, 2.45) is 5.92 Å². The Labute approximate surface area is 97.2 Å². The number of rotatable bonds is 6. The fourth-order valence-electron chi connectivity index (χ4n) is 1.25. The molecule has 0 heterocycles. The number of hydrogen-bond acceptors (Lipinski definition) is 0. The zero-order valence-electron chi connectivity index (χ0n) is 9.60. The molecule has 13 heavy (non-hydrogen) atoms. The molecule has 0 saturated heterocycles. The molecule has 0 spiro atoms. The van der Waals surface area contributed by atoms with Crippen LogP contribution in [0.1, 0.15) is 59.8 Å². The summed E-state index contributed by atoms with van der Waals surface area (Å²) in [7, 11) is 2.95. The minimum atomic E-state index is 0. The van der Waals surface area contributed by atoms with E-state index in [0.29, 0.717) is 5.16 Å². The summed E-state index contributed by atoms with van der Waals surface area (Å²) >= 11 is 0. The molecule has 0 fully saturated rings. The SMILES string of the molecule is Br.CCCCCCC(C)C(C)(C)P. The Hall–Kier alpha value is 0.910. The molecule has 0 saturated carbocycles. The van der Waals surface area contributed by atoms with Gasteiger partial charge >= 0.3 is 0 Å². The molecular weight excluding hydrogens is 243 g/mol. The zero-order valence-corrected chi connectivity index (χ0v) is 12.5. The molecule has 2 heteroatoms. The molecule has 0 nitrogen and oxygen atoms in total. The van der Waals surface area contributed by atoms with Crippen LogP contribution in [0.25, 0.3) is 0 Å². The third-order valence-electron chi connectivity index (χ3n) is 2.76. The molecule has 0 N–H and O–H groups in total. The molecule has 0 aromatic carbocycles. The van der Waals surface area contributed by atoms with Crippen LogP contribution in [0, 0.1) is 5.92 Å². The Morgan fingerprint density at radius 1 is 1.15 bits per heavy atom. The van der Waals surface area contributed by atoms with Gasteiger partial charge in [0.15, 0.2) is 0 Å². The summed E-state index contributed by atoms with van der Waals surface area (Å²) in [6.45, 7) is 9.24. The lowest BCUT2D eigenvalue weighted by atomic mass is 9.91. The van der Waals surface area contributed by atoms with Crippen molar-refractivity contribution in [3.63, 3.8) is 0 Å². The Kier molecular flexibility index (Phi) is 10.4. The molecule has 0 rings (SSSR count). The Bertz CT molecular complexity index is 107. The van der Waals surface area contributed by atoms with E-state index in [2.05, 4.69) is 36.9 Å².